The van der Waals surface area contributed by atoms with E-state index in [1.165, 1.54) is 11.8 Å². The van der Waals surface area contributed by atoms with E-state index < -0.39 is 0 Å². The van der Waals surface area contributed by atoms with Crippen molar-refractivity contribution in [1.29, 1.82) is 0 Å². The van der Waals surface area contributed by atoms with Crippen LogP contribution in [0.15, 0.2) is 71.6 Å². The number of halogens is 1. The van der Waals surface area contributed by atoms with Gasteiger partial charge in [-0.1, -0.05) is 59.8 Å². The Morgan fingerprint density at radius 1 is 1.06 bits per heavy atom. The van der Waals surface area contributed by atoms with Gasteiger partial charge in [-0.3, -0.25) is 9.69 Å². The topological polar surface area (TPSA) is 42.0 Å². The second kappa shape index (κ2) is 10.5. The summed E-state index contributed by atoms with van der Waals surface area (Å²) in [6, 6.07) is 20.7. The van der Waals surface area contributed by atoms with E-state index in [1.807, 2.05) is 85.7 Å². The molecule has 34 heavy (non-hydrogen) atoms. The first-order valence-corrected chi connectivity index (χ1v) is 12.1. The molecule has 4 rings (SSSR count). The van der Waals surface area contributed by atoms with Crippen molar-refractivity contribution in [2.45, 2.75) is 6.61 Å². The van der Waals surface area contributed by atoms with Crippen molar-refractivity contribution < 1.29 is 14.3 Å². The zero-order valence-electron chi connectivity index (χ0n) is 18.9. The maximum Gasteiger partial charge on any atom is 0.270 e. The molecule has 1 amide bonds. The Bertz CT molecular complexity index is 1240. The summed E-state index contributed by atoms with van der Waals surface area (Å²) in [5.41, 5.74) is 3.48. The second-order valence-corrected chi connectivity index (χ2v) is 9.83. The number of amides is 1. The summed E-state index contributed by atoms with van der Waals surface area (Å²) in [6.07, 6.45) is 1.80. The van der Waals surface area contributed by atoms with Gasteiger partial charge in [0.2, 0.25) is 0 Å². The number of nitrogens with zero attached hydrogens (tertiary/aromatic N) is 2. The molecule has 0 aromatic heterocycles. The van der Waals surface area contributed by atoms with Gasteiger partial charge in [0.25, 0.3) is 5.91 Å². The lowest BCUT2D eigenvalue weighted by molar-refractivity contribution is -0.113. The lowest BCUT2D eigenvalue weighted by Crippen LogP contribution is -2.27. The SMILES string of the molecule is COc1cccc(/C=C2/SC(=S)N(c3ccc(N(C)C)cc3)C2=O)c1OCc1ccc(Cl)cc1. The molecule has 0 spiro atoms. The minimum atomic E-state index is -0.168. The van der Waals surface area contributed by atoms with Crippen molar-refractivity contribution in [3.8, 4) is 11.5 Å². The van der Waals surface area contributed by atoms with Gasteiger partial charge in [-0.2, -0.15) is 0 Å². The number of hydrogen-bond acceptors (Lipinski definition) is 6. The van der Waals surface area contributed by atoms with Crippen LogP contribution in [0, 0.1) is 0 Å². The highest BCUT2D eigenvalue weighted by Crippen LogP contribution is 2.39. The Morgan fingerprint density at radius 2 is 1.76 bits per heavy atom. The number of carbonyl (C=O) groups excluding carboxylic acids is 1. The highest BCUT2D eigenvalue weighted by atomic mass is 35.5. The predicted molar refractivity (Wildman–Crippen MR) is 145 cm³/mol. The summed E-state index contributed by atoms with van der Waals surface area (Å²) in [6.45, 7) is 0.331. The molecule has 3 aromatic carbocycles. The number of rotatable bonds is 7. The van der Waals surface area contributed by atoms with Crippen LogP contribution in [0.5, 0.6) is 11.5 Å². The number of anilines is 2. The van der Waals surface area contributed by atoms with E-state index >= 15 is 0 Å². The molecule has 0 N–H and O–H groups in total. The van der Waals surface area contributed by atoms with Gasteiger partial charge < -0.3 is 14.4 Å². The molecule has 0 atom stereocenters. The van der Waals surface area contributed by atoms with E-state index in [1.54, 1.807) is 18.1 Å². The quantitative estimate of drug-likeness (QED) is 0.270. The molecule has 3 aromatic rings. The Hall–Kier alpha value is -3.00. The van der Waals surface area contributed by atoms with Crippen molar-refractivity contribution in [2.24, 2.45) is 0 Å². The number of ether oxygens (including phenoxy) is 2. The second-order valence-electron chi connectivity index (χ2n) is 7.72. The van der Waals surface area contributed by atoms with Gasteiger partial charge in [0.05, 0.1) is 17.7 Å². The van der Waals surface area contributed by atoms with E-state index in [4.69, 9.17) is 33.3 Å². The third-order valence-electron chi connectivity index (χ3n) is 5.23. The first-order valence-electron chi connectivity index (χ1n) is 10.5. The molecular formula is C26H23ClN2O3S2. The number of methoxy groups -OCH3 is 1. The van der Waals surface area contributed by atoms with Crippen molar-refractivity contribution in [2.75, 3.05) is 31.0 Å². The fraction of sp³-hybridized carbons (Fsp3) is 0.154. The standard InChI is InChI=1S/C26H23ClN2O3S2/c1-28(2)20-11-13-21(14-12-20)29-25(30)23(34-26(29)33)15-18-5-4-6-22(31-3)24(18)32-16-17-7-9-19(27)10-8-17/h4-15H,16H2,1-3H3/b23-15+. The Balaban J connectivity index is 1.61. The molecule has 1 aliphatic rings. The number of benzene rings is 3. The monoisotopic (exact) mass is 510 g/mol. The van der Waals surface area contributed by atoms with Gasteiger partial charge in [0, 0.05) is 30.4 Å². The van der Waals surface area contributed by atoms with Crippen LogP contribution in [0.4, 0.5) is 11.4 Å². The molecule has 1 aliphatic heterocycles. The maximum atomic E-state index is 13.3. The summed E-state index contributed by atoms with van der Waals surface area (Å²) in [4.78, 5) is 17.3. The van der Waals surface area contributed by atoms with Gasteiger partial charge in [0.1, 0.15) is 6.61 Å². The fourth-order valence-electron chi connectivity index (χ4n) is 3.43. The fourth-order valence-corrected chi connectivity index (χ4v) is 4.85. The number of thiocarbonyl (C=S) groups is 1. The van der Waals surface area contributed by atoms with E-state index in [0.29, 0.717) is 32.4 Å². The van der Waals surface area contributed by atoms with E-state index in [-0.39, 0.29) is 5.91 Å². The minimum Gasteiger partial charge on any atom is -0.493 e. The summed E-state index contributed by atoms with van der Waals surface area (Å²) < 4.78 is 12.1. The predicted octanol–water partition coefficient (Wildman–Crippen LogP) is 6.40. The van der Waals surface area contributed by atoms with Crippen LogP contribution in [0.2, 0.25) is 5.02 Å². The van der Waals surface area contributed by atoms with Crippen molar-refractivity contribution in [3.63, 3.8) is 0 Å². The lowest BCUT2D eigenvalue weighted by atomic mass is 10.1. The van der Waals surface area contributed by atoms with Crippen LogP contribution < -0.4 is 19.3 Å². The smallest absolute Gasteiger partial charge is 0.270 e. The molecule has 8 heteroatoms. The van der Waals surface area contributed by atoms with Gasteiger partial charge in [0.15, 0.2) is 15.8 Å². The van der Waals surface area contributed by atoms with Crippen LogP contribution in [0.1, 0.15) is 11.1 Å². The molecule has 0 bridgehead atoms. The molecule has 1 fully saturated rings. The Labute approximate surface area is 213 Å². The molecule has 0 unspecified atom stereocenters. The molecule has 0 saturated carbocycles. The number of para-hydroxylation sites is 1. The molecule has 0 aliphatic carbocycles. The van der Waals surface area contributed by atoms with E-state index in [0.717, 1.165) is 22.5 Å². The van der Waals surface area contributed by atoms with Gasteiger partial charge >= 0.3 is 0 Å². The largest absolute Gasteiger partial charge is 0.493 e. The average molecular weight is 511 g/mol. The van der Waals surface area contributed by atoms with Gasteiger partial charge in [-0.15, -0.1) is 0 Å². The third kappa shape index (κ3) is 5.22. The summed E-state index contributed by atoms with van der Waals surface area (Å²) in [5.74, 6) is 0.970. The summed E-state index contributed by atoms with van der Waals surface area (Å²) in [5, 5.41) is 0.667. The van der Waals surface area contributed by atoms with Crippen LogP contribution >= 0.6 is 35.6 Å². The Morgan fingerprint density at radius 3 is 2.41 bits per heavy atom. The normalized spacial score (nSPS) is 14.6. The Kier molecular flexibility index (Phi) is 7.46. The zero-order chi connectivity index (χ0) is 24.2. The van der Waals surface area contributed by atoms with Crippen molar-refractivity contribution in [1.82, 2.24) is 0 Å². The first kappa shape index (κ1) is 24.1. The highest BCUT2D eigenvalue weighted by molar-refractivity contribution is 8.27. The van der Waals surface area contributed by atoms with Crippen LogP contribution in [-0.4, -0.2) is 31.4 Å². The molecule has 1 heterocycles. The van der Waals surface area contributed by atoms with Crippen LogP contribution in [-0.2, 0) is 11.4 Å². The van der Waals surface area contributed by atoms with E-state index in [9.17, 15) is 4.79 Å². The maximum absolute atomic E-state index is 13.3. The molecular weight excluding hydrogens is 488 g/mol. The molecule has 0 radical (unpaired) electrons. The highest BCUT2D eigenvalue weighted by Gasteiger charge is 2.33. The zero-order valence-corrected chi connectivity index (χ0v) is 21.3. The average Bonchev–Trinajstić information content (AvgIpc) is 3.11. The van der Waals surface area contributed by atoms with E-state index in [2.05, 4.69) is 0 Å². The molecule has 1 saturated heterocycles. The van der Waals surface area contributed by atoms with Crippen molar-refractivity contribution >= 4 is 63.3 Å². The summed E-state index contributed by atoms with van der Waals surface area (Å²) >= 11 is 12.8. The molecule has 5 nitrogen and oxygen atoms in total. The minimum absolute atomic E-state index is 0.168. The van der Waals surface area contributed by atoms with Gasteiger partial charge in [-0.25, -0.2) is 0 Å². The number of thioether (sulfide) groups is 1. The van der Waals surface area contributed by atoms with Gasteiger partial charge in [-0.05, 0) is 54.1 Å². The van der Waals surface area contributed by atoms with Crippen molar-refractivity contribution in [3.05, 3.63) is 87.8 Å². The number of carbonyl (C=O) groups is 1. The molecule has 174 valence electrons. The third-order valence-corrected chi connectivity index (χ3v) is 6.78. The van der Waals surface area contributed by atoms with Crippen LogP contribution in [0.25, 0.3) is 6.08 Å². The number of hydrogen-bond donors (Lipinski definition) is 0. The summed E-state index contributed by atoms with van der Waals surface area (Å²) in [7, 11) is 5.53. The van der Waals surface area contributed by atoms with Crippen LogP contribution in [0.3, 0.4) is 0 Å². The first-order chi connectivity index (χ1) is 16.4. The lowest BCUT2D eigenvalue weighted by Gasteiger charge is -2.17.